The van der Waals surface area contributed by atoms with E-state index in [2.05, 4.69) is 22.0 Å². The highest BCUT2D eigenvalue weighted by Gasteiger charge is 2.15. The number of nitrogens with zero attached hydrogens (tertiary/aromatic N) is 2. The van der Waals surface area contributed by atoms with Crippen molar-refractivity contribution in [1.82, 2.24) is 9.88 Å². The number of rotatable bonds is 3. The minimum Gasteiger partial charge on any atom is -0.384 e. The van der Waals surface area contributed by atoms with Gasteiger partial charge >= 0.3 is 0 Å². The number of hydrogen-bond donors (Lipinski definition) is 1. The number of pyridine rings is 1. The Morgan fingerprint density at radius 1 is 1.33 bits per heavy atom. The number of benzene rings is 1. The fraction of sp³-hybridized carbons (Fsp3) is 0.250. The molecular weight excluding hydrogens is 286 g/mol. The third-order valence-electron chi connectivity index (χ3n) is 3.80. The number of anilines is 1. The van der Waals surface area contributed by atoms with E-state index in [-0.39, 0.29) is 0 Å². The third kappa shape index (κ3) is 2.91. The maximum atomic E-state index is 10.6. The molecule has 5 heteroatoms. The van der Waals surface area contributed by atoms with Crippen molar-refractivity contribution in [2.24, 2.45) is 0 Å². The number of aldehydes is 1. The fourth-order valence-electron chi connectivity index (χ4n) is 2.66. The van der Waals surface area contributed by atoms with Gasteiger partial charge in [0.05, 0.1) is 6.54 Å². The fourth-order valence-corrected chi connectivity index (χ4v) is 2.95. The third-order valence-corrected chi connectivity index (χ3v) is 4.11. The van der Waals surface area contributed by atoms with Crippen molar-refractivity contribution in [3.05, 3.63) is 41.1 Å². The number of hydrogen-bond acceptors (Lipinski definition) is 4. The molecule has 1 aromatic heterocycles. The van der Waals surface area contributed by atoms with Gasteiger partial charge in [0, 0.05) is 29.7 Å². The lowest BCUT2D eigenvalue weighted by Gasteiger charge is -2.25. The van der Waals surface area contributed by atoms with E-state index >= 15 is 0 Å². The molecule has 0 bridgehead atoms. The summed E-state index contributed by atoms with van der Waals surface area (Å²) in [4.78, 5) is 16.7. The number of aromatic nitrogens is 1. The van der Waals surface area contributed by atoms with Gasteiger partial charge < -0.3 is 10.5 Å². The molecule has 0 radical (unpaired) electrons. The Balaban J connectivity index is 1.97. The number of carbonyl (C=O) groups excluding carboxylic acids is 1. The van der Waals surface area contributed by atoms with Crippen molar-refractivity contribution < 1.29 is 4.79 Å². The maximum absolute atomic E-state index is 10.6. The van der Waals surface area contributed by atoms with Crippen LogP contribution in [-0.2, 0) is 4.79 Å². The molecule has 0 atom stereocenters. The Morgan fingerprint density at radius 2 is 2.19 bits per heavy atom. The second-order valence-corrected chi connectivity index (χ2v) is 5.60. The van der Waals surface area contributed by atoms with E-state index in [1.54, 1.807) is 6.20 Å². The van der Waals surface area contributed by atoms with Gasteiger partial charge in [-0.2, -0.15) is 0 Å². The summed E-state index contributed by atoms with van der Waals surface area (Å²) >= 11 is 6.40. The molecule has 0 unspecified atom stereocenters. The Kier molecular flexibility index (Phi) is 3.90. The lowest BCUT2D eigenvalue weighted by atomic mass is 9.97. The van der Waals surface area contributed by atoms with E-state index in [0.29, 0.717) is 12.4 Å². The van der Waals surface area contributed by atoms with Crippen LogP contribution < -0.4 is 5.73 Å². The molecule has 0 fully saturated rings. The molecular formula is C16H16ClN3O. The number of fused-ring (bicyclic) bond motifs is 1. The van der Waals surface area contributed by atoms with Crippen molar-refractivity contribution in [2.75, 3.05) is 25.4 Å². The summed E-state index contributed by atoms with van der Waals surface area (Å²) in [5.41, 5.74) is 8.01. The molecule has 0 aliphatic carbocycles. The Hall–Kier alpha value is -1.91. The van der Waals surface area contributed by atoms with E-state index < -0.39 is 0 Å². The van der Waals surface area contributed by atoms with Gasteiger partial charge in [0.2, 0.25) is 0 Å². The van der Waals surface area contributed by atoms with Gasteiger partial charge in [-0.25, -0.2) is 4.98 Å². The van der Waals surface area contributed by atoms with Crippen LogP contribution in [0.15, 0.2) is 30.5 Å². The van der Waals surface area contributed by atoms with Gasteiger partial charge in [0.25, 0.3) is 0 Å². The second kappa shape index (κ2) is 5.84. The van der Waals surface area contributed by atoms with Gasteiger partial charge in [-0.3, -0.25) is 4.90 Å². The van der Waals surface area contributed by atoms with E-state index in [1.807, 2.05) is 12.1 Å². The zero-order valence-electron chi connectivity index (χ0n) is 11.6. The number of carbonyl (C=O) groups is 1. The van der Waals surface area contributed by atoms with E-state index in [0.717, 1.165) is 47.2 Å². The minimum absolute atomic E-state index is 0.484. The summed E-state index contributed by atoms with van der Waals surface area (Å²) < 4.78 is 0. The summed E-state index contributed by atoms with van der Waals surface area (Å²) in [5.74, 6) is 0.505. The first-order chi connectivity index (χ1) is 10.2. The van der Waals surface area contributed by atoms with Crippen molar-refractivity contribution in [3.8, 4) is 0 Å². The van der Waals surface area contributed by atoms with Gasteiger partial charge in [-0.1, -0.05) is 17.7 Å². The minimum atomic E-state index is 0.484. The zero-order valence-corrected chi connectivity index (χ0v) is 12.3. The summed E-state index contributed by atoms with van der Waals surface area (Å²) in [5, 5.41) is 2.75. The second-order valence-electron chi connectivity index (χ2n) is 5.19. The molecule has 21 heavy (non-hydrogen) atoms. The quantitative estimate of drug-likeness (QED) is 0.886. The molecule has 0 saturated carbocycles. The highest BCUT2D eigenvalue weighted by atomic mass is 35.5. The van der Waals surface area contributed by atoms with Gasteiger partial charge in [0.1, 0.15) is 12.1 Å². The standard InChI is InChI=1S/C16H16ClN3O/c17-15-8-13-10-19-16(18)9-12(13)7-14(15)11-1-3-20(4-2-11)5-6-21/h1,6-10H,2-5H2,(H2,18,19). The number of halogens is 1. The molecule has 2 heterocycles. The molecule has 1 aromatic carbocycles. The lowest BCUT2D eigenvalue weighted by Crippen LogP contribution is -2.30. The summed E-state index contributed by atoms with van der Waals surface area (Å²) in [6.07, 6.45) is 5.71. The largest absolute Gasteiger partial charge is 0.384 e. The molecule has 0 saturated heterocycles. The van der Waals surface area contributed by atoms with E-state index in [9.17, 15) is 4.79 Å². The molecule has 3 rings (SSSR count). The number of nitrogens with two attached hydrogens (primary N) is 1. The van der Waals surface area contributed by atoms with Gasteiger partial charge in [-0.05, 0) is 41.1 Å². The van der Waals surface area contributed by atoms with Crippen LogP contribution in [0.2, 0.25) is 5.02 Å². The lowest BCUT2D eigenvalue weighted by molar-refractivity contribution is -0.108. The first-order valence-electron chi connectivity index (χ1n) is 6.87. The van der Waals surface area contributed by atoms with Crippen LogP contribution >= 0.6 is 11.6 Å². The topological polar surface area (TPSA) is 59.2 Å². The van der Waals surface area contributed by atoms with Crippen LogP contribution in [0.1, 0.15) is 12.0 Å². The van der Waals surface area contributed by atoms with Crippen LogP contribution in [0.4, 0.5) is 5.82 Å². The normalized spacial score (nSPS) is 16.0. The maximum Gasteiger partial charge on any atom is 0.133 e. The van der Waals surface area contributed by atoms with Crippen molar-refractivity contribution in [1.29, 1.82) is 0 Å². The first kappa shape index (κ1) is 14.0. The van der Waals surface area contributed by atoms with Crippen molar-refractivity contribution >= 4 is 40.1 Å². The molecule has 108 valence electrons. The zero-order chi connectivity index (χ0) is 14.8. The predicted molar refractivity (Wildman–Crippen MR) is 86.3 cm³/mol. The summed E-state index contributed by atoms with van der Waals surface area (Å²) in [7, 11) is 0. The average molecular weight is 302 g/mol. The SMILES string of the molecule is Nc1cc2cc(C3=CCN(CC=O)CC3)c(Cl)cc2cn1. The molecule has 2 aromatic rings. The summed E-state index contributed by atoms with van der Waals surface area (Å²) in [6.45, 7) is 2.13. The molecule has 2 N–H and O–H groups in total. The average Bonchev–Trinajstić information content (AvgIpc) is 2.48. The first-order valence-corrected chi connectivity index (χ1v) is 7.25. The van der Waals surface area contributed by atoms with Gasteiger partial charge in [0.15, 0.2) is 0 Å². The summed E-state index contributed by atoms with van der Waals surface area (Å²) in [6, 6.07) is 5.85. The van der Waals surface area contributed by atoms with Crippen LogP contribution in [0.5, 0.6) is 0 Å². The highest BCUT2D eigenvalue weighted by Crippen LogP contribution is 2.32. The Bertz CT molecular complexity index is 727. The molecule has 1 aliphatic rings. The van der Waals surface area contributed by atoms with Crippen LogP contribution in [-0.4, -0.2) is 35.8 Å². The molecule has 0 spiro atoms. The van der Waals surface area contributed by atoms with Crippen molar-refractivity contribution in [3.63, 3.8) is 0 Å². The van der Waals surface area contributed by atoms with Crippen LogP contribution in [0.25, 0.3) is 16.3 Å². The Labute approximate surface area is 128 Å². The smallest absolute Gasteiger partial charge is 0.133 e. The molecule has 1 aliphatic heterocycles. The van der Waals surface area contributed by atoms with Gasteiger partial charge in [-0.15, -0.1) is 0 Å². The van der Waals surface area contributed by atoms with Crippen molar-refractivity contribution in [2.45, 2.75) is 6.42 Å². The number of nitrogen functional groups attached to an aromatic ring is 1. The van der Waals surface area contributed by atoms with Crippen LogP contribution in [0, 0.1) is 0 Å². The van der Waals surface area contributed by atoms with E-state index in [4.69, 9.17) is 17.3 Å². The highest BCUT2D eigenvalue weighted by molar-refractivity contribution is 6.33. The predicted octanol–water partition coefficient (Wildman–Crippen LogP) is 2.76. The molecule has 4 nitrogen and oxygen atoms in total. The van der Waals surface area contributed by atoms with E-state index in [1.165, 1.54) is 5.57 Å². The molecule has 0 amide bonds. The van der Waals surface area contributed by atoms with Crippen LogP contribution in [0.3, 0.4) is 0 Å². The Morgan fingerprint density at radius 3 is 2.90 bits per heavy atom. The monoisotopic (exact) mass is 301 g/mol.